The third kappa shape index (κ3) is 2.09. The summed E-state index contributed by atoms with van der Waals surface area (Å²) < 4.78 is 0. The average molecular weight is 265 g/mol. The lowest BCUT2D eigenvalue weighted by Gasteiger charge is -2.06. The van der Waals surface area contributed by atoms with Crippen LogP contribution >= 0.6 is 0 Å². The molecule has 96 valence electrons. The summed E-state index contributed by atoms with van der Waals surface area (Å²) in [6.07, 6.45) is 0. The molecule has 1 nitrogen and oxygen atoms in total. The molecule has 0 spiro atoms. The van der Waals surface area contributed by atoms with Gasteiger partial charge in [-0.15, -0.1) is 0 Å². The van der Waals surface area contributed by atoms with Crippen LogP contribution in [0.2, 0.25) is 0 Å². The smallest absolute Gasteiger partial charge is 0.113 e. The Morgan fingerprint density at radius 2 is 1.38 bits per heavy atom. The van der Waals surface area contributed by atoms with Crippen LogP contribution in [0.5, 0.6) is 0 Å². The Kier molecular flexibility index (Phi) is 2.75. The first-order valence-electron chi connectivity index (χ1n) is 6.96. The van der Waals surface area contributed by atoms with Crippen molar-refractivity contribution in [1.82, 2.24) is 4.98 Å². The molecule has 0 N–H and O–H groups in total. The van der Waals surface area contributed by atoms with Crippen molar-refractivity contribution in [3.05, 3.63) is 72.8 Å². The van der Waals surface area contributed by atoms with Crippen LogP contribution < -0.4 is 5.46 Å². The first-order valence-corrected chi connectivity index (χ1v) is 6.96. The highest BCUT2D eigenvalue weighted by atomic mass is 14.7. The van der Waals surface area contributed by atoms with Gasteiger partial charge < -0.3 is 0 Å². The lowest BCUT2D eigenvalue weighted by Crippen LogP contribution is -1.99. The van der Waals surface area contributed by atoms with Crippen LogP contribution in [0.4, 0.5) is 0 Å². The molecule has 0 amide bonds. The minimum absolute atomic E-state index is 0.769. The number of rotatable bonds is 1. The maximum absolute atomic E-state index is 5.75. The summed E-state index contributed by atoms with van der Waals surface area (Å²) in [6, 6.07) is 24.6. The molecule has 2 heteroatoms. The predicted octanol–water partition coefficient (Wildman–Crippen LogP) is 3.85. The first kappa shape index (κ1) is 12.2. The van der Waals surface area contributed by atoms with Crippen LogP contribution in [0.3, 0.4) is 0 Å². The molecule has 0 aliphatic carbocycles. The van der Waals surface area contributed by atoms with Gasteiger partial charge in [0.1, 0.15) is 7.85 Å². The summed E-state index contributed by atoms with van der Waals surface area (Å²) >= 11 is 0. The van der Waals surface area contributed by atoms with E-state index in [0.29, 0.717) is 0 Å². The van der Waals surface area contributed by atoms with E-state index in [2.05, 4.69) is 48.5 Å². The molecule has 0 aliphatic heterocycles. The zero-order valence-electron chi connectivity index (χ0n) is 11.5. The summed E-state index contributed by atoms with van der Waals surface area (Å²) in [4.78, 5) is 4.86. The SMILES string of the molecule is [B]c1ccc(-c2ccc3ccc4ccccc4c3n2)cc1. The Bertz CT molecular complexity index is 942. The van der Waals surface area contributed by atoms with Gasteiger partial charge in [0.25, 0.3) is 0 Å². The van der Waals surface area contributed by atoms with Crippen molar-refractivity contribution >= 4 is 35.0 Å². The largest absolute Gasteiger partial charge is 0.247 e. The Morgan fingerprint density at radius 3 is 2.24 bits per heavy atom. The van der Waals surface area contributed by atoms with Crippen LogP contribution in [0.15, 0.2) is 72.8 Å². The Labute approximate surface area is 124 Å². The van der Waals surface area contributed by atoms with Crippen molar-refractivity contribution in [1.29, 1.82) is 0 Å². The normalized spacial score (nSPS) is 11.0. The van der Waals surface area contributed by atoms with Gasteiger partial charge in [0, 0.05) is 16.3 Å². The van der Waals surface area contributed by atoms with Gasteiger partial charge in [-0.1, -0.05) is 72.2 Å². The van der Waals surface area contributed by atoms with Gasteiger partial charge in [0.2, 0.25) is 0 Å². The van der Waals surface area contributed by atoms with E-state index in [9.17, 15) is 0 Å². The van der Waals surface area contributed by atoms with Crippen molar-refractivity contribution in [3.63, 3.8) is 0 Å². The van der Waals surface area contributed by atoms with Gasteiger partial charge in [0.15, 0.2) is 0 Å². The molecule has 0 atom stereocenters. The fourth-order valence-corrected chi connectivity index (χ4v) is 2.67. The van der Waals surface area contributed by atoms with Gasteiger partial charge in [-0.3, -0.25) is 0 Å². The molecule has 0 saturated heterocycles. The number of hydrogen-bond donors (Lipinski definition) is 0. The Morgan fingerprint density at radius 1 is 0.667 bits per heavy atom. The van der Waals surface area contributed by atoms with Gasteiger partial charge >= 0.3 is 0 Å². The fraction of sp³-hybridized carbons (Fsp3) is 0. The molecular formula is C19H12BN. The van der Waals surface area contributed by atoms with E-state index in [-0.39, 0.29) is 0 Å². The molecule has 3 aromatic carbocycles. The highest BCUT2D eigenvalue weighted by Crippen LogP contribution is 2.26. The number of pyridine rings is 1. The second-order valence-corrected chi connectivity index (χ2v) is 5.18. The minimum atomic E-state index is 0.769. The standard InChI is InChI=1S/C19H12BN/c20-16-10-7-14(8-11-16)18-12-9-15-6-5-13-3-1-2-4-17(13)19(15)21-18/h1-12H. The number of nitrogens with zero attached hydrogens (tertiary/aromatic N) is 1. The van der Waals surface area contributed by atoms with Crippen LogP contribution in [0.25, 0.3) is 32.9 Å². The summed E-state index contributed by atoms with van der Waals surface area (Å²) in [5.74, 6) is 0. The van der Waals surface area contributed by atoms with Crippen LogP contribution in [0, 0.1) is 0 Å². The van der Waals surface area contributed by atoms with Crippen LogP contribution in [-0.2, 0) is 0 Å². The Balaban J connectivity index is 2.00. The first-order chi connectivity index (χ1) is 10.3. The molecule has 0 bridgehead atoms. The summed E-state index contributed by atoms with van der Waals surface area (Å²) in [5, 5.41) is 3.56. The van der Waals surface area contributed by atoms with E-state index in [1.54, 1.807) is 0 Å². The van der Waals surface area contributed by atoms with Crippen LogP contribution in [0.1, 0.15) is 0 Å². The van der Waals surface area contributed by atoms with Crippen molar-refractivity contribution in [2.45, 2.75) is 0 Å². The average Bonchev–Trinajstić information content (AvgIpc) is 2.55. The molecule has 4 rings (SSSR count). The maximum atomic E-state index is 5.75. The topological polar surface area (TPSA) is 12.9 Å². The zero-order chi connectivity index (χ0) is 14.2. The number of benzene rings is 3. The number of aromatic nitrogens is 1. The van der Waals surface area contributed by atoms with Gasteiger partial charge in [-0.2, -0.15) is 0 Å². The molecule has 1 aromatic heterocycles. The molecule has 4 aromatic rings. The van der Waals surface area contributed by atoms with E-state index in [1.165, 1.54) is 10.8 Å². The third-order valence-corrected chi connectivity index (χ3v) is 3.79. The van der Waals surface area contributed by atoms with E-state index >= 15 is 0 Å². The zero-order valence-corrected chi connectivity index (χ0v) is 11.5. The quantitative estimate of drug-likeness (QED) is 0.376. The second-order valence-electron chi connectivity index (χ2n) is 5.18. The summed E-state index contributed by atoms with van der Waals surface area (Å²) in [6.45, 7) is 0. The van der Waals surface area contributed by atoms with E-state index in [1.807, 2.05) is 24.3 Å². The highest BCUT2D eigenvalue weighted by molar-refractivity contribution is 6.32. The molecule has 2 radical (unpaired) electrons. The number of fused-ring (bicyclic) bond motifs is 3. The second kappa shape index (κ2) is 4.74. The van der Waals surface area contributed by atoms with E-state index in [4.69, 9.17) is 12.8 Å². The molecule has 0 unspecified atom stereocenters. The lowest BCUT2D eigenvalue weighted by molar-refractivity contribution is 1.41. The highest BCUT2D eigenvalue weighted by Gasteiger charge is 2.04. The van der Waals surface area contributed by atoms with Crippen LogP contribution in [-0.4, -0.2) is 12.8 Å². The molecule has 0 aliphatic rings. The van der Waals surface area contributed by atoms with E-state index in [0.717, 1.165) is 27.6 Å². The number of hydrogen-bond acceptors (Lipinski definition) is 1. The molecule has 1 heterocycles. The molecule has 0 saturated carbocycles. The third-order valence-electron chi connectivity index (χ3n) is 3.79. The van der Waals surface area contributed by atoms with E-state index < -0.39 is 0 Å². The van der Waals surface area contributed by atoms with Gasteiger partial charge in [0.05, 0.1) is 11.2 Å². The van der Waals surface area contributed by atoms with Crippen molar-refractivity contribution in [3.8, 4) is 11.3 Å². The molecular weight excluding hydrogens is 253 g/mol. The maximum Gasteiger partial charge on any atom is 0.113 e. The van der Waals surface area contributed by atoms with Gasteiger partial charge in [-0.05, 0) is 11.5 Å². The van der Waals surface area contributed by atoms with Crippen molar-refractivity contribution in [2.24, 2.45) is 0 Å². The molecule has 21 heavy (non-hydrogen) atoms. The summed E-state index contributed by atoms with van der Waals surface area (Å²) in [5.41, 5.74) is 3.87. The Hall–Kier alpha value is -2.61. The molecule has 0 fully saturated rings. The summed E-state index contributed by atoms with van der Waals surface area (Å²) in [7, 11) is 5.75. The lowest BCUT2D eigenvalue weighted by atomic mass is 9.94. The fourth-order valence-electron chi connectivity index (χ4n) is 2.67. The monoisotopic (exact) mass is 265 g/mol. The van der Waals surface area contributed by atoms with Crippen molar-refractivity contribution < 1.29 is 0 Å². The van der Waals surface area contributed by atoms with Gasteiger partial charge in [-0.25, -0.2) is 4.98 Å². The minimum Gasteiger partial charge on any atom is -0.247 e. The predicted molar refractivity (Wildman–Crippen MR) is 90.1 cm³/mol. The van der Waals surface area contributed by atoms with Crippen molar-refractivity contribution in [2.75, 3.05) is 0 Å².